The SMILES string of the molecule is CC(C)N1C(=O)Cc2cc(CCN3CCN(c4nsc5ccccc45)CC3)c(Cl)cc21.CC(C)OC1(c2ccc(Cl)cc2)CCN(CC2=CCc3ccccc32)CC1.CC(C)n1cc(CN2CCC(O)(c3ccc(Cl)cc3)CC2)c2ccccc21.CC1CC[N+](CCCC(=O)c2ccc(F)cc2)(C(C)C)CC1.Cc1nc2n(c(=O)c1CC[N+]1(C(C)C)CCC(c3noc4cc(F)ccc34)CC1)CCCC2. The number of hydrogen-bond donors (Lipinski definition) is 1. The lowest BCUT2D eigenvalue weighted by Gasteiger charge is -2.47. The van der Waals surface area contributed by atoms with Crippen molar-refractivity contribution >= 4 is 107 Å². The molecular weight excluding hydrogens is 1830 g/mol. The van der Waals surface area contributed by atoms with Crippen LogP contribution in [-0.2, 0) is 65.9 Å². The Morgan fingerprint density at radius 1 is 0.621 bits per heavy atom. The Bertz CT molecular complexity index is 6310. The molecule has 0 unspecified atom stereocenters. The molecule has 0 radical (unpaired) electrons. The maximum atomic E-state index is 13.5. The van der Waals surface area contributed by atoms with Gasteiger partial charge in [-0.2, -0.15) is 4.37 Å². The Morgan fingerprint density at radius 2 is 1.25 bits per heavy atom. The molecule has 11 heterocycles. The zero-order chi connectivity index (χ0) is 98.7. The van der Waals surface area contributed by atoms with E-state index in [0.717, 1.165) is 269 Å². The van der Waals surface area contributed by atoms with E-state index in [-0.39, 0.29) is 46.6 Å². The zero-order valence-corrected chi connectivity index (χ0v) is 87.4. The van der Waals surface area contributed by atoms with Crippen molar-refractivity contribution in [2.75, 3.05) is 115 Å². The number of anilines is 2. The van der Waals surface area contributed by atoms with E-state index in [2.05, 4.69) is 195 Å². The van der Waals surface area contributed by atoms with E-state index in [1.807, 2.05) is 72.7 Å². The van der Waals surface area contributed by atoms with Crippen LogP contribution in [0.4, 0.5) is 20.3 Å². The fourth-order valence-corrected chi connectivity index (χ4v) is 24.2. The summed E-state index contributed by atoms with van der Waals surface area (Å²) in [6.45, 7) is 44.6. The minimum atomic E-state index is -0.743. The van der Waals surface area contributed by atoms with Gasteiger partial charge in [0, 0.05) is 207 Å². The van der Waals surface area contributed by atoms with E-state index in [1.54, 1.807) is 29.7 Å². The number of piperazine rings is 1. The molecule has 5 fully saturated rings. The Labute approximate surface area is 847 Å². The highest BCUT2D eigenvalue weighted by Crippen LogP contribution is 2.44. The van der Waals surface area contributed by atoms with Gasteiger partial charge < -0.3 is 37.7 Å². The second kappa shape index (κ2) is 46.2. The van der Waals surface area contributed by atoms with Gasteiger partial charge >= 0.3 is 0 Å². The smallest absolute Gasteiger partial charge is 0.257 e. The first kappa shape index (κ1) is 104. The summed E-state index contributed by atoms with van der Waals surface area (Å²) in [5.41, 5.74) is 15.7. The van der Waals surface area contributed by atoms with Gasteiger partial charge in [-0.05, 0) is 287 Å². The molecule has 0 spiro atoms. The summed E-state index contributed by atoms with van der Waals surface area (Å²) >= 11 is 20.3. The minimum Gasteiger partial charge on any atom is -0.385 e. The highest BCUT2D eigenvalue weighted by molar-refractivity contribution is 7.13. The second-order valence-electron chi connectivity index (χ2n) is 42.1. The molecule has 8 aliphatic rings. The summed E-state index contributed by atoms with van der Waals surface area (Å²) in [6, 6.07) is 58.2. The van der Waals surface area contributed by atoms with Gasteiger partial charge in [0.15, 0.2) is 11.4 Å². The molecule has 12 aromatic rings. The van der Waals surface area contributed by atoms with E-state index < -0.39 is 5.60 Å². The third-order valence-electron chi connectivity index (χ3n) is 31.6. The molecule has 20 rings (SSSR count). The normalized spacial score (nSPS) is 20.4. The molecule has 7 aliphatic heterocycles. The van der Waals surface area contributed by atoms with Crippen LogP contribution in [0.1, 0.15) is 237 Å². The largest absolute Gasteiger partial charge is 0.385 e. The molecule has 0 atom stereocenters. The van der Waals surface area contributed by atoms with Crippen LogP contribution in [0, 0.1) is 24.5 Å². The molecule has 8 aromatic carbocycles. The summed E-state index contributed by atoms with van der Waals surface area (Å²) < 4.78 is 50.7. The van der Waals surface area contributed by atoms with E-state index >= 15 is 0 Å². The van der Waals surface area contributed by atoms with Crippen molar-refractivity contribution in [2.24, 2.45) is 5.92 Å². The Balaban J connectivity index is 0.000000127. The lowest BCUT2D eigenvalue weighted by molar-refractivity contribution is -0.953. The van der Waals surface area contributed by atoms with Gasteiger partial charge in [-0.15, -0.1) is 0 Å². The van der Waals surface area contributed by atoms with Crippen LogP contribution >= 0.6 is 46.3 Å². The predicted octanol–water partition coefficient (Wildman–Crippen LogP) is 24.6. The highest BCUT2D eigenvalue weighted by atomic mass is 35.5. The molecule has 0 saturated carbocycles. The fraction of sp³-hybridized carbons (Fsp3) is 0.483. The van der Waals surface area contributed by atoms with E-state index in [0.29, 0.717) is 53.1 Å². The molecule has 24 heteroatoms. The van der Waals surface area contributed by atoms with E-state index in [4.69, 9.17) is 53.4 Å². The molecule has 1 amide bonds. The van der Waals surface area contributed by atoms with Gasteiger partial charge in [0.05, 0.1) is 85.5 Å². The summed E-state index contributed by atoms with van der Waals surface area (Å²) in [5, 5.41) is 21.2. The number of ether oxygens (including phenoxy) is 1. The first-order chi connectivity index (χ1) is 67.3. The summed E-state index contributed by atoms with van der Waals surface area (Å²) in [7, 11) is 0. The number of quaternary nitrogens is 2. The van der Waals surface area contributed by atoms with Crippen molar-refractivity contribution < 1.29 is 41.7 Å². The monoisotopic (exact) mass is 1980 g/mol. The van der Waals surface area contributed by atoms with Gasteiger partial charge in [0.2, 0.25) is 5.91 Å². The Kier molecular flexibility index (Phi) is 34.1. The number of Topliss-reactive ketones (excluding diaryl/α,β-unsaturated/α-hetero) is 1. The summed E-state index contributed by atoms with van der Waals surface area (Å²) in [5.74, 6) is 2.96. The van der Waals surface area contributed by atoms with Gasteiger partial charge in [0.1, 0.15) is 23.3 Å². The standard InChI is InChI=1S/C26H34FN4O2.C24H27ClN4OS.C24H28ClNO.C23H27ClN2O.C19H29FNO/c1-17(2)31(15-11-21-18(3)28-24-6-4-5-12-30(24)26(21)32)13-9-19(10-14-31)25-22-8-7-20(27)16-23(22)33-29-25;1-16(2)29-21-15-20(25)17(13-18(21)14-23(29)30)7-8-27-9-11-28(12-10-27)24-19-5-3-4-6-22(19)31-26-24;1-18(2)27-24(21-9-11-22(25)12-10-21)13-15-26(16-14-24)17-20-8-7-19-5-3-4-6-23(19)20;1-17(2)26-16-18(21-5-3-4-6-22(21)26)15-25-13-11-23(27,12-14-25)19-7-9-20(24)10-8-19;1-15(2)21(13-10-16(3)11-14-21)12-4-5-19(22)17-6-8-18(20)9-7-17/h7-8,16-17,19H,4-6,9-15H2,1-3H3;3-6,13,15-16H,7-12,14H2,1-2H3;3-6,8-12,18H,7,13-17H2,1-2H3;3-10,16-17,27H,11-15H2,1-2H3;6-9,15-16H,4-5,10-14H2,1-3H3/q+1;;;;+1. The molecule has 744 valence electrons. The first-order valence-corrected chi connectivity index (χ1v) is 53.6. The number of ketones is 1. The predicted molar refractivity (Wildman–Crippen MR) is 569 cm³/mol. The number of nitrogens with zero attached hydrogens (tertiary/aromatic N) is 12. The Hall–Kier alpha value is -9.33. The fourth-order valence-electron chi connectivity index (χ4n) is 22.9. The maximum absolute atomic E-state index is 13.5. The van der Waals surface area contributed by atoms with Gasteiger partial charge in [-0.3, -0.25) is 33.7 Å². The first-order valence-electron chi connectivity index (χ1n) is 51.7. The van der Waals surface area contributed by atoms with Crippen molar-refractivity contribution in [3.05, 3.63) is 293 Å². The molecule has 1 N–H and O–H groups in total. The average molecular weight is 1980 g/mol. The number of carbonyl (C=O) groups excluding carboxylic acids is 2. The van der Waals surface area contributed by atoms with Crippen molar-refractivity contribution in [3.63, 3.8) is 0 Å². The molecular formula is C116H145Cl3F2N12O6S+2. The number of halogens is 5. The van der Waals surface area contributed by atoms with Gasteiger partial charge in [-0.1, -0.05) is 138 Å². The lowest BCUT2D eigenvalue weighted by atomic mass is 9.83. The van der Waals surface area contributed by atoms with Crippen molar-refractivity contribution in [1.82, 2.24) is 38.3 Å². The van der Waals surface area contributed by atoms with Crippen LogP contribution in [0.25, 0.3) is 37.5 Å². The highest BCUT2D eigenvalue weighted by Gasteiger charge is 2.43. The number of fused-ring (bicyclic) bond motifs is 6. The van der Waals surface area contributed by atoms with Crippen LogP contribution in [0.15, 0.2) is 198 Å². The molecule has 140 heavy (non-hydrogen) atoms. The van der Waals surface area contributed by atoms with Crippen molar-refractivity contribution in [1.29, 1.82) is 0 Å². The van der Waals surface area contributed by atoms with Crippen LogP contribution in [0.5, 0.6) is 0 Å². The molecule has 0 bridgehead atoms. The number of piperidine rings is 4. The lowest BCUT2D eigenvalue weighted by Crippen LogP contribution is -2.58. The average Bonchev–Trinajstić information content (AvgIpc) is 1.46. The number of allylic oxidation sites excluding steroid dienone is 1. The minimum absolute atomic E-state index is 0.132. The Morgan fingerprint density at radius 3 is 1.93 bits per heavy atom. The second-order valence-corrected chi connectivity index (χ2v) is 44.2. The summed E-state index contributed by atoms with van der Waals surface area (Å²) in [6.07, 6.45) is 20.9. The van der Waals surface area contributed by atoms with Crippen molar-refractivity contribution in [3.8, 4) is 0 Å². The van der Waals surface area contributed by atoms with E-state index in [9.17, 15) is 28.3 Å². The zero-order valence-electron chi connectivity index (χ0n) is 84.3. The number of aromatic nitrogens is 5. The number of carbonyl (C=O) groups is 2. The number of hydrogen-bond acceptors (Lipinski definition) is 14. The number of aryl methyl sites for hydroxylation is 2. The van der Waals surface area contributed by atoms with E-state index in [1.165, 1.54) is 99.0 Å². The maximum Gasteiger partial charge on any atom is 0.257 e. The topological polar surface area (TPSA) is 159 Å². The number of para-hydroxylation sites is 1. The van der Waals surface area contributed by atoms with Crippen LogP contribution in [0.3, 0.4) is 0 Å². The van der Waals surface area contributed by atoms with Crippen LogP contribution in [0.2, 0.25) is 15.1 Å². The molecule has 4 aromatic heterocycles. The molecule has 1 aliphatic carbocycles. The number of benzene rings is 8. The number of likely N-dealkylation sites (tertiary alicyclic amines) is 4. The molecule has 18 nitrogen and oxygen atoms in total. The van der Waals surface area contributed by atoms with Gasteiger partial charge in [-0.25, -0.2) is 13.8 Å². The number of amides is 1. The third-order valence-corrected chi connectivity index (χ3v) is 33.3. The van der Waals surface area contributed by atoms with Crippen LogP contribution in [-0.4, -0.2) is 193 Å². The van der Waals surface area contributed by atoms with Crippen LogP contribution < -0.4 is 15.4 Å². The summed E-state index contributed by atoms with van der Waals surface area (Å²) in [4.78, 5) is 54.4. The van der Waals surface area contributed by atoms with Crippen molar-refractivity contribution in [2.45, 2.75) is 253 Å². The quantitative estimate of drug-likeness (QED) is 0.0426. The number of aliphatic hydroxyl groups is 1. The van der Waals surface area contributed by atoms with Gasteiger partial charge in [0.25, 0.3) is 5.56 Å². The number of rotatable bonds is 25. The third kappa shape index (κ3) is 24.3. The molecule has 5 saturated heterocycles.